The number of nitrogens with two attached hydrogens (primary N) is 1. The normalized spacial score (nSPS) is 18.3. The molecule has 0 amide bonds. The van der Waals surface area contributed by atoms with Gasteiger partial charge in [0.25, 0.3) is 0 Å². The highest BCUT2D eigenvalue weighted by Crippen LogP contribution is 2.11. The van der Waals surface area contributed by atoms with Gasteiger partial charge in [-0.05, 0) is 24.1 Å². The van der Waals surface area contributed by atoms with Crippen LogP contribution in [-0.2, 0) is 23.0 Å². The van der Waals surface area contributed by atoms with Crippen LogP contribution < -0.4 is 5.73 Å². The lowest BCUT2D eigenvalue weighted by atomic mass is 10.1. The van der Waals surface area contributed by atoms with E-state index in [4.69, 9.17) is 5.73 Å². The third-order valence-corrected chi connectivity index (χ3v) is 4.97. The second-order valence-electron chi connectivity index (χ2n) is 5.29. The molecule has 20 heavy (non-hydrogen) atoms. The van der Waals surface area contributed by atoms with Gasteiger partial charge in [0.2, 0.25) is 10.0 Å². The summed E-state index contributed by atoms with van der Waals surface area (Å²) in [6.45, 7) is 4.30. The third-order valence-electron chi connectivity index (χ3n) is 3.66. The van der Waals surface area contributed by atoms with Gasteiger partial charge in [-0.25, -0.2) is 8.42 Å². The average Bonchev–Trinajstić information content (AvgIpc) is 2.41. The first kappa shape index (κ1) is 15.4. The Balaban J connectivity index is 1.86. The topological polar surface area (TPSA) is 66.6 Å². The van der Waals surface area contributed by atoms with E-state index in [9.17, 15) is 8.42 Å². The van der Waals surface area contributed by atoms with E-state index in [2.05, 4.69) is 29.2 Å². The molecule has 2 N–H and O–H groups in total. The van der Waals surface area contributed by atoms with Gasteiger partial charge in [-0.1, -0.05) is 24.3 Å². The molecule has 1 saturated heterocycles. The first-order valence-electron chi connectivity index (χ1n) is 6.94. The minimum Gasteiger partial charge on any atom is -0.330 e. The molecule has 0 spiro atoms. The number of hydrogen-bond acceptors (Lipinski definition) is 4. The zero-order chi connectivity index (χ0) is 14.6. The van der Waals surface area contributed by atoms with Crippen LogP contribution in [0.5, 0.6) is 0 Å². The van der Waals surface area contributed by atoms with Crippen molar-refractivity contribution in [3.63, 3.8) is 0 Å². The van der Waals surface area contributed by atoms with E-state index in [0.29, 0.717) is 19.6 Å². The van der Waals surface area contributed by atoms with Gasteiger partial charge in [0.1, 0.15) is 0 Å². The van der Waals surface area contributed by atoms with Crippen molar-refractivity contribution in [2.45, 2.75) is 13.0 Å². The zero-order valence-corrected chi connectivity index (χ0v) is 12.8. The summed E-state index contributed by atoms with van der Waals surface area (Å²) in [6.07, 6.45) is 2.19. The van der Waals surface area contributed by atoms with E-state index >= 15 is 0 Å². The Kier molecular flexibility index (Phi) is 5.15. The maximum absolute atomic E-state index is 11.4. The van der Waals surface area contributed by atoms with Gasteiger partial charge in [-0.15, -0.1) is 0 Å². The lowest BCUT2D eigenvalue weighted by Crippen LogP contribution is -2.47. The van der Waals surface area contributed by atoms with Crippen molar-refractivity contribution in [2.24, 2.45) is 5.73 Å². The molecule has 1 fully saturated rings. The summed E-state index contributed by atoms with van der Waals surface area (Å²) >= 11 is 0. The van der Waals surface area contributed by atoms with E-state index in [0.717, 1.165) is 26.1 Å². The summed E-state index contributed by atoms with van der Waals surface area (Å²) in [5, 5.41) is 0. The molecular formula is C14H23N3O2S. The lowest BCUT2D eigenvalue weighted by molar-refractivity contribution is 0.182. The fraction of sp³-hybridized carbons (Fsp3) is 0.571. The van der Waals surface area contributed by atoms with Gasteiger partial charge in [0.15, 0.2) is 0 Å². The summed E-state index contributed by atoms with van der Waals surface area (Å²) in [5.74, 6) is 0. The van der Waals surface area contributed by atoms with E-state index in [1.54, 1.807) is 4.31 Å². The summed E-state index contributed by atoms with van der Waals surface area (Å²) in [7, 11) is -3.04. The number of nitrogens with zero attached hydrogens (tertiary/aromatic N) is 2. The third kappa shape index (κ3) is 4.28. The largest absolute Gasteiger partial charge is 0.330 e. The number of piperazine rings is 1. The molecule has 2 rings (SSSR count). The highest BCUT2D eigenvalue weighted by atomic mass is 32.2. The Morgan fingerprint density at radius 2 is 1.60 bits per heavy atom. The standard InChI is InChI=1S/C14H23N3O2S/c1-20(18,19)17-10-8-16(9-11-17)12-14-4-2-13(3-5-14)6-7-15/h2-5H,6-12,15H2,1H3. The molecule has 0 atom stereocenters. The van der Waals surface area contributed by atoms with Crippen LogP contribution in [0.3, 0.4) is 0 Å². The second-order valence-corrected chi connectivity index (χ2v) is 7.28. The molecule has 0 aromatic heterocycles. The van der Waals surface area contributed by atoms with Crippen molar-refractivity contribution in [1.29, 1.82) is 0 Å². The fourth-order valence-corrected chi connectivity index (χ4v) is 3.28. The van der Waals surface area contributed by atoms with Crippen LogP contribution in [-0.4, -0.2) is 56.6 Å². The average molecular weight is 297 g/mol. The maximum Gasteiger partial charge on any atom is 0.211 e. The number of benzene rings is 1. The fourth-order valence-electron chi connectivity index (χ4n) is 2.46. The van der Waals surface area contributed by atoms with Crippen LogP contribution in [0.4, 0.5) is 0 Å². The Labute approximate surface area is 121 Å². The first-order chi connectivity index (χ1) is 9.49. The van der Waals surface area contributed by atoms with E-state index in [1.807, 2.05) is 0 Å². The second kappa shape index (κ2) is 6.67. The van der Waals surface area contributed by atoms with Crippen LogP contribution in [0.15, 0.2) is 24.3 Å². The Morgan fingerprint density at radius 1 is 1.05 bits per heavy atom. The van der Waals surface area contributed by atoms with Crippen molar-refractivity contribution in [3.8, 4) is 0 Å². The maximum atomic E-state index is 11.4. The first-order valence-corrected chi connectivity index (χ1v) is 8.79. The van der Waals surface area contributed by atoms with Gasteiger partial charge < -0.3 is 5.73 Å². The summed E-state index contributed by atoms with van der Waals surface area (Å²) in [5.41, 5.74) is 8.06. The van der Waals surface area contributed by atoms with Gasteiger partial charge in [0, 0.05) is 32.7 Å². The lowest BCUT2D eigenvalue weighted by Gasteiger charge is -2.33. The molecular weight excluding hydrogens is 274 g/mol. The molecule has 0 saturated carbocycles. The van der Waals surface area contributed by atoms with E-state index in [1.165, 1.54) is 17.4 Å². The molecule has 5 nitrogen and oxygen atoms in total. The highest BCUT2D eigenvalue weighted by Gasteiger charge is 2.23. The predicted molar refractivity (Wildman–Crippen MR) is 80.9 cm³/mol. The van der Waals surface area contributed by atoms with E-state index < -0.39 is 10.0 Å². The Morgan fingerprint density at radius 3 is 2.10 bits per heavy atom. The number of hydrogen-bond donors (Lipinski definition) is 1. The van der Waals surface area contributed by atoms with Gasteiger partial charge >= 0.3 is 0 Å². The van der Waals surface area contributed by atoms with Crippen molar-refractivity contribution in [3.05, 3.63) is 35.4 Å². The van der Waals surface area contributed by atoms with Crippen LogP contribution in [0.2, 0.25) is 0 Å². The minimum atomic E-state index is -3.04. The molecule has 0 unspecified atom stereocenters. The molecule has 1 aliphatic heterocycles. The molecule has 0 bridgehead atoms. The molecule has 1 aromatic carbocycles. The molecule has 6 heteroatoms. The summed E-state index contributed by atoms with van der Waals surface area (Å²) in [6, 6.07) is 8.51. The van der Waals surface area contributed by atoms with Gasteiger partial charge in [0.05, 0.1) is 6.26 Å². The zero-order valence-electron chi connectivity index (χ0n) is 12.0. The van der Waals surface area contributed by atoms with Crippen molar-refractivity contribution >= 4 is 10.0 Å². The molecule has 1 aromatic rings. The smallest absolute Gasteiger partial charge is 0.211 e. The number of sulfonamides is 1. The van der Waals surface area contributed by atoms with Crippen molar-refractivity contribution < 1.29 is 8.42 Å². The van der Waals surface area contributed by atoms with Crippen LogP contribution in [0.1, 0.15) is 11.1 Å². The predicted octanol–water partition coefficient (Wildman–Crippen LogP) is 0.265. The van der Waals surface area contributed by atoms with Gasteiger partial charge in [-0.3, -0.25) is 4.90 Å². The van der Waals surface area contributed by atoms with Crippen molar-refractivity contribution in [2.75, 3.05) is 39.0 Å². The number of rotatable bonds is 5. The molecule has 1 heterocycles. The monoisotopic (exact) mass is 297 g/mol. The van der Waals surface area contributed by atoms with Crippen molar-refractivity contribution in [1.82, 2.24) is 9.21 Å². The molecule has 0 radical (unpaired) electrons. The molecule has 0 aliphatic carbocycles. The Bertz CT molecular complexity index is 520. The minimum absolute atomic E-state index is 0.587. The van der Waals surface area contributed by atoms with Crippen LogP contribution >= 0.6 is 0 Å². The quantitative estimate of drug-likeness (QED) is 0.847. The Hall–Kier alpha value is -0.950. The summed E-state index contributed by atoms with van der Waals surface area (Å²) < 4.78 is 24.4. The van der Waals surface area contributed by atoms with Crippen LogP contribution in [0.25, 0.3) is 0 Å². The summed E-state index contributed by atoms with van der Waals surface area (Å²) in [4.78, 5) is 2.29. The van der Waals surface area contributed by atoms with E-state index in [-0.39, 0.29) is 0 Å². The van der Waals surface area contributed by atoms with Crippen LogP contribution in [0, 0.1) is 0 Å². The van der Waals surface area contributed by atoms with Gasteiger partial charge in [-0.2, -0.15) is 4.31 Å². The highest BCUT2D eigenvalue weighted by molar-refractivity contribution is 7.88. The molecule has 1 aliphatic rings. The SMILES string of the molecule is CS(=O)(=O)N1CCN(Cc2ccc(CCN)cc2)CC1. The molecule has 112 valence electrons.